The fourth-order valence-corrected chi connectivity index (χ4v) is 5.54. The highest BCUT2D eigenvalue weighted by Crippen LogP contribution is 2.36. The molecule has 0 saturated carbocycles. The summed E-state index contributed by atoms with van der Waals surface area (Å²) in [4.78, 5) is 30.7. The number of nitrogens with zero attached hydrogens (tertiary/aromatic N) is 2. The topological polar surface area (TPSA) is 61.9 Å². The summed E-state index contributed by atoms with van der Waals surface area (Å²) in [5.41, 5.74) is 2.62. The third-order valence-corrected chi connectivity index (χ3v) is 7.70. The molecule has 6 heteroatoms. The van der Waals surface area contributed by atoms with E-state index >= 15 is 0 Å². The van der Waals surface area contributed by atoms with Crippen LogP contribution in [0.2, 0.25) is 0 Å². The summed E-state index contributed by atoms with van der Waals surface area (Å²) in [6, 6.07) is 30.3. The zero-order chi connectivity index (χ0) is 25.5. The standard InChI is InChI=1S/C31H35N3O3/c35-29(32-28-16-19-33(23-28)22-25-10-4-1-5-11-25)31(27-14-8-3-9-15-27)17-20-34(21-18-31)30(36)37-24-26-12-6-2-7-13-26/h1-15,28H,16-24H2,(H,32,35). The minimum atomic E-state index is -0.648. The number of carbonyl (C=O) groups is 2. The van der Waals surface area contributed by atoms with E-state index in [-0.39, 0.29) is 24.6 Å². The van der Waals surface area contributed by atoms with E-state index in [9.17, 15) is 9.59 Å². The summed E-state index contributed by atoms with van der Waals surface area (Å²) >= 11 is 0. The lowest BCUT2D eigenvalue weighted by Gasteiger charge is -2.41. The lowest BCUT2D eigenvalue weighted by molar-refractivity contribution is -0.129. The maximum absolute atomic E-state index is 13.9. The molecule has 6 nitrogen and oxygen atoms in total. The molecule has 0 radical (unpaired) electrons. The van der Waals surface area contributed by atoms with Crippen molar-refractivity contribution in [2.45, 2.75) is 43.9 Å². The summed E-state index contributed by atoms with van der Waals surface area (Å²) in [6.45, 7) is 3.95. The third kappa shape index (κ3) is 6.03. The largest absolute Gasteiger partial charge is 0.445 e. The van der Waals surface area contributed by atoms with Crippen molar-refractivity contribution in [2.24, 2.45) is 0 Å². The van der Waals surface area contributed by atoms with E-state index in [4.69, 9.17) is 4.74 Å². The molecular weight excluding hydrogens is 462 g/mol. The average molecular weight is 498 g/mol. The normalized spacial score (nSPS) is 19.4. The quantitative estimate of drug-likeness (QED) is 0.512. The van der Waals surface area contributed by atoms with Crippen molar-refractivity contribution >= 4 is 12.0 Å². The zero-order valence-corrected chi connectivity index (χ0v) is 21.2. The van der Waals surface area contributed by atoms with Gasteiger partial charge in [-0.1, -0.05) is 91.0 Å². The number of hydrogen-bond donors (Lipinski definition) is 1. The maximum atomic E-state index is 13.9. The first-order valence-corrected chi connectivity index (χ1v) is 13.2. The molecule has 2 aliphatic rings. The van der Waals surface area contributed by atoms with Gasteiger partial charge >= 0.3 is 6.09 Å². The Balaban J connectivity index is 1.21. The summed E-state index contributed by atoms with van der Waals surface area (Å²) in [6.07, 6.45) is 1.77. The number of piperidine rings is 1. The van der Waals surface area contributed by atoms with Crippen LogP contribution in [0.5, 0.6) is 0 Å². The van der Waals surface area contributed by atoms with Gasteiger partial charge in [0.15, 0.2) is 0 Å². The molecular formula is C31H35N3O3. The summed E-state index contributed by atoms with van der Waals surface area (Å²) in [5, 5.41) is 3.38. The molecule has 0 aliphatic carbocycles. The highest BCUT2D eigenvalue weighted by Gasteiger charge is 2.45. The number of hydrogen-bond acceptors (Lipinski definition) is 4. The van der Waals surface area contributed by atoms with Crippen molar-refractivity contribution in [3.05, 3.63) is 108 Å². The Morgan fingerprint density at radius 1 is 0.811 bits per heavy atom. The van der Waals surface area contributed by atoms with Crippen LogP contribution < -0.4 is 5.32 Å². The fourth-order valence-electron chi connectivity index (χ4n) is 5.54. The van der Waals surface area contributed by atoms with Crippen LogP contribution in [0.1, 0.15) is 36.0 Å². The van der Waals surface area contributed by atoms with Crippen molar-refractivity contribution < 1.29 is 14.3 Å². The van der Waals surface area contributed by atoms with Gasteiger partial charge in [0.1, 0.15) is 6.61 Å². The SMILES string of the molecule is O=C(OCc1ccccc1)N1CCC(C(=O)NC2CCN(Cc3ccccc3)C2)(c2ccccc2)CC1. The molecule has 2 amide bonds. The van der Waals surface area contributed by atoms with Gasteiger partial charge in [-0.2, -0.15) is 0 Å². The van der Waals surface area contributed by atoms with E-state index in [0.717, 1.165) is 37.2 Å². The Morgan fingerprint density at radius 2 is 1.41 bits per heavy atom. The van der Waals surface area contributed by atoms with Crippen LogP contribution in [0, 0.1) is 0 Å². The predicted molar refractivity (Wildman–Crippen MR) is 144 cm³/mol. The minimum Gasteiger partial charge on any atom is -0.445 e. The molecule has 1 atom stereocenters. The lowest BCUT2D eigenvalue weighted by atomic mass is 9.72. The van der Waals surface area contributed by atoms with E-state index < -0.39 is 5.41 Å². The molecule has 192 valence electrons. The van der Waals surface area contributed by atoms with Crippen molar-refractivity contribution in [3.8, 4) is 0 Å². The number of nitrogens with one attached hydrogen (secondary N) is 1. The first-order valence-electron chi connectivity index (χ1n) is 13.2. The summed E-state index contributed by atoms with van der Waals surface area (Å²) in [5.74, 6) is 0.0718. The number of amides is 2. The van der Waals surface area contributed by atoms with Crippen molar-refractivity contribution in [2.75, 3.05) is 26.2 Å². The summed E-state index contributed by atoms with van der Waals surface area (Å²) in [7, 11) is 0. The second-order valence-electron chi connectivity index (χ2n) is 10.2. The van der Waals surface area contributed by atoms with Crippen LogP contribution in [-0.4, -0.2) is 54.0 Å². The van der Waals surface area contributed by atoms with Gasteiger partial charge in [-0.25, -0.2) is 4.79 Å². The minimum absolute atomic E-state index is 0.0718. The third-order valence-electron chi connectivity index (χ3n) is 7.70. The smallest absolute Gasteiger partial charge is 0.410 e. The lowest BCUT2D eigenvalue weighted by Crippen LogP contribution is -2.55. The number of rotatable bonds is 7. The average Bonchev–Trinajstić information content (AvgIpc) is 3.39. The van der Waals surface area contributed by atoms with Crippen molar-refractivity contribution in [3.63, 3.8) is 0 Å². The summed E-state index contributed by atoms with van der Waals surface area (Å²) < 4.78 is 5.55. The zero-order valence-electron chi connectivity index (χ0n) is 21.2. The highest BCUT2D eigenvalue weighted by molar-refractivity contribution is 5.89. The van der Waals surface area contributed by atoms with Gasteiger partial charge in [0, 0.05) is 38.8 Å². The molecule has 37 heavy (non-hydrogen) atoms. The van der Waals surface area contributed by atoms with E-state index in [1.165, 1.54) is 5.56 Å². The van der Waals surface area contributed by atoms with Gasteiger partial charge in [-0.15, -0.1) is 0 Å². The molecule has 2 saturated heterocycles. The highest BCUT2D eigenvalue weighted by atomic mass is 16.6. The molecule has 2 fully saturated rings. The number of ether oxygens (including phenoxy) is 1. The molecule has 0 spiro atoms. The molecule has 3 aromatic carbocycles. The van der Waals surface area contributed by atoms with Gasteiger partial charge in [0.2, 0.25) is 5.91 Å². The number of carbonyl (C=O) groups excluding carboxylic acids is 2. The second kappa shape index (κ2) is 11.6. The monoisotopic (exact) mass is 497 g/mol. The van der Waals surface area contributed by atoms with E-state index in [1.54, 1.807) is 4.90 Å². The molecule has 2 heterocycles. The Bertz CT molecular complexity index is 1160. The van der Waals surface area contributed by atoms with Gasteiger partial charge < -0.3 is 15.0 Å². The van der Waals surface area contributed by atoms with Gasteiger partial charge in [0.25, 0.3) is 0 Å². The van der Waals surface area contributed by atoms with Crippen LogP contribution >= 0.6 is 0 Å². The Labute approximate surface area is 219 Å². The van der Waals surface area contributed by atoms with Crippen molar-refractivity contribution in [1.29, 1.82) is 0 Å². The molecule has 0 bridgehead atoms. The molecule has 3 aromatic rings. The fraction of sp³-hybridized carbons (Fsp3) is 0.355. The van der Waals surface area contributed by atoms with Crippen LogP contribution in [0.4, 0.5) is 4.79 Å². The molecule has 2 aliphatic heterocycles. The van der Waals surface area contributed by atoms with E-state index in [2.05, 4.69) is 34.5 Å². The van der Waals surface area contributed by atoms with Crippen LogP contribution in [0.25, 0.3) is 0 Å². The molecule has 0 aromatic heterocycles. The van der Waals surface area contributed by atoms with Gasteiger partial charge in [-0.05, 0) is 36.0 Å². The predicted octanol–water partition coefficient (Wildman–Crippen LogP) is 4.75. The first-order chi connectivity index (χ1) is 18.1. The first kappa shape index (κ1) is 25.0. The van der Waals surface area contributed by atoms with Gasteiger partial charge in [-0.3, -0.25) is 9.69 Å². The van der Waals surface area contributed by atoms with E-state index in [1.807, 2.05) is 66.7 Å². The Kier molecular flexibility index (Phi) is 7.85. The molecule has 1 N–H and O–H groups in total. The number of benzene rings is 3. The van der Waals surface area contributed by atoms with Crippen LogP contribution in [-0.2, 0) is 28.1 Å². The van der Waals surface area contributed by atoms with Crippen LogP contribution in [0.15, 0.2) is 91.0 Å². The Morgan fingerprint density at radius 3 is 2.05 bits per heavy atom. The Hall–Kier alpha value is -3.64. The molecule has 1 unspecified atom stereocenters. The second-order valence-corrected chi connectivity index (χ2v) is 10.2. The molecule has 5 rings (SSSR count). The number of likely N-dealkylation sites (tertiary alicyclic amines) is 2. The van der Waals surface area contributed by atoms with Gasteiger partial charge in [0.05, 0.1) is 5.41 Å². The van der Waals surface area contributed by atoms with Crippen molar-refractivity contribution in [1.82, 2.24) is 15.1 Å². The van der Waals surface area contributed by atoms with E-state index in [0.29, 0.717) is 25.9 Å². The van der Waals surface area contributed by atoms with Crippen LogP contribution in [0.3, 0.4) is 0 Å². The maximum Gasteiger partial charge on any atom is 0.410 e.